The first-order valence-electron chi connectivity index (χ1n) is 5.47. The second-order valence-electron chi connectivity index (χ2n) is 4.86. The van der Waals surface area contributed by atoms with Crippen LogP contribution in [0.25, 0.3) is 0 Å². The zero-order valence-electron chi connectivity index (χ0n) is 10.3. The van der Waals surface area contributed by atoms with Crippen molar-refractivity contribution in [3.05, 3.63) is 10.8 Å². The molecule has 1 aromatic rings. The summed E-state index contributed by atoms with van der Waals surface area (Å²) in [5, 5.41) is 4.43. The van der Waals surface area contributed by atoms with Gasteiger partial charge in [0.1, 0.15) is 10.8 Å². The highest BCUT2D eigenvalue weighted by Crippen LogP contribution is 2.21. The van der Waals surface area contributed by atoms with Gasteiger partial charge in [0.25, 0.3) is 0 Å². The highest BCUT2D eigenvalue weighted by atomic mass is 32.1. The molecule has 1 N–H and O–H groups in total. The number of likely N-dealkylation sites (N-methyl/N-ethyl adjacent to an activating group) is 1. The molecule has 0 saturated heterocycles. The number of hydrogen-bond donors (Lipinski definition) is 1. The van der Waals surface area contributed by atoms with E-state index in [0.717, 1.165) is 23.7 Å². The van der Waals surface area contributed by atoms with Crippen molar-refractivity contribution in [1.82, 2.24) is 14.7 Å². The van der Waals surface area contributed by atoms with Gasteiger partial charge in [0.05, 0.1) is 0 Å². The summed E-state index contributed by atoms with van der Waals surface area (Å²) in [6.45, 7) is 8.63. The van der Waals surface area contributed by atoms with Gasteiger partial charge in [-0.3, -0.25) is 0 Å². The lowest BCUT2D eigenvalue weighted by Crippen LogP contribution is -2.26. The Bertz CT molecular complexity index is 297. The second-order valence-corrected chi connectivity index (χ2v) is 5.70. The lowest BCUT2D eigenvalue weighted by Gasteiger charge is -2.13. The van der Waals surface area contributed by atoms with E-state index in [9.17, 15) is 0 Å². The van der Waals surface area contributed by atoms with Crippen LogP contribution in [0.3, 0.4) is 0 Å². The van der Waals surface area contributed by atoms with E-state index in [1.807, 2.05) is 7.05 Å². The van der Waals surface area contributed by atoms with Gasteiger partial charge in [-0.2, -0.15) is 4.37 Å². The molecule has 4 heteroatoms. The van der Waals surface area contributed by atoms with E-state index in [-0.39, 0.29) is 5.41 Å². The lowest BCUT2D eigenvalue weighted by molar-refractivity contribution is 0.530. The Balaban J connectivity index is 2.68. The Morgan fingerprint density at radius 3 is 2.47 bits per heavy atom. The average Bonchev–Trinajstić information content (AvgIpc) is 2.61. The number of hydrogen-bond acceptors (Lipinski definition) is 4. The molecule has 1 unspecified atom stereocenters. The molecule has 15 heavy (non-hydrogen) atoms. The Hall–Kier alpha value is -0.480. The summed E-state index contributed by atoms with van der Waals surface area (Å²) in [7, 11) is 2.00. The van der Waals surface area contributed by atoms with Crippen LogP contribution in [-0.2, 0) is 11.8 Å². The van der Waals surface area contributed by atoms with Crippen molar-refractivity contribution in [2.45, 2.75) is 52.0 Å². The number of nitrogens with zero attached hydrogens (tertiary/aromatic N) is 2. The standard InChI is InChI=1S/C11H21N3S/c1-6-8(12-5)7-9-13-10(14-15-9)11(2,3)4/h8,12H,6-7H2,1-5H3. The molecule has 1 aromatic heterocycles. The minimum absolute atomic E-state index is 0.0656. The minimum Gasteiger partial charge on any atom is -0.317 e. The predicted molar refractivity (Wildman–Crippen MR) is 65.5 cm³/mol. The van der Waals surface area contributed by atoms with Crippen molar-refractivity contribution < 1.29 is 0 Å². The van der Waals surface area contributed by atoms with Gasteiger partial charge >= 0.3 is 0 Å². The first-order valence-corrected chi connectivity index (χ1v) is 6.25. The first-order chi connectivity index (χ1) is 6.97. The lowest BCUT2D eigenvalue weighted by atomic mass is 9.96. The highest BCUT2D eigenvalue weighted by Gasteiger charge is 2.20. The quantitative estimate of drug-likeness (QED) is 0.858. The third-order valence-electron chi connectivity index (χ3n) is 2.46. The molecule has 3 nitrogen and oxygen atoms in total. The molecule has 1 rings (SSSR count). The van der Waals surface area contributed by atoms with Gasteiger partial charge in [0.15, 0.2) is 0 Å². The maximum atomic E-state index is 4.58. The maximum absolute atomic E-state index is 4.58. The highest BCUT2D eigenvalue weighted by molar-refractivity contribution is 7.05. The van der Waals surface area contributed by atoms with Crippen molar-refractivity contribution >= 4 is 11.5 Å². The summed E-state index contributed by atoms with van der Waals surface area (Å²) in [5.41, 5.74) is 0.0656. The molecule has 0 aliphatic heterocycles. The molecule has 0 fully saturated rings. The average molecular weight is 227 g/mol. The normalized spacial score (nSPS) is 14.2. The summed E-state index contributed by atoms with van der Waals surface area (Å²) < 4.78 is 4.41. The summed E-state index contributed by atoms with van der Waals surface area (Å²) in [5.74, 6) is 0.966. The fraction of sp³-hybridized carbons (Fsp3) is 0.818. The molecule has 1 atom stereocenters. The molecule has 0 saturated carbocycles. The Kier molecular flexibility index (Phi) is 4.22. The largest absolute Gasteiger partial charge is 0.317 e. The van der Waals surface area contributed by atoms with E-state index in [1.54, 1.807) is 0 Å². The molecule has 0 aliphatic rings. The Labute approximate surface area is 96.5 Å². The Morgan fingerprint density at radius 2 is 2.07 bits per heavy atom. The third-order valence-corrected chi connectivity index (χ3v) is 3.19. The van der Waals surface area contributed by atoms with Gasteiger partial charge in [0, 0.05) is 17.9 Å². The number of nitrogens with one attached hydrogen (secondary N) is 1. The molecular formula is C11H21N3S. The molecule has 0 aliphatic carbocycles. The first kappa shape index (κ1) is 12.6. The van der Waals surface area contributed by atoms with E-state index in [4.69, 9.17) is 0 Å². The van der Waals surface area contributed by atoms with Crippen LogP contribution in [-0.4, -0.2) is 22.4 Å². The van der Waals surface area contributed by atoms with E-state index < -0.39 is 0 Å². The van der Waals surface area contributed by atoms with Gasteiger partial charge < -0.3 is 5.32 Å². The zero-order valence-corrected chi connectivity index (χ0v) is 11.1. The molecule has 0 bridgehead atoms. The number of aromatic nitrogens is 2. The smallest absolute Gasteiger partial charge is 0.147 e. The van der Waals surface area contributed by atoms with Crippen molar-refractivity contribution in [1.29, 1.82) is 0 Å². The van der Waals surface area contributed by atoms with Crippen LogP contribution in [0.1, 0.15) is 44.9 Å². The van der Waals surface area contributed by atoms with Crippen LogP contribution in [0.5, 0.6) is 0 Å². The van der Waals surface area contributed by atoms with E-state index >= 15 is 0 Å². The van der Waals surface area contributed by atoms with Crippen LogP contribution in [0.2, 0.25) is 0 Å². The third kappa shape index (κ3) is 3.54. The molecule has 0 amide bonds. The molecule has 0 spiro atoms. The fourth-order valence-electron chi connectivity index (χ4n) is 1.30. The van der Waals surface area contributed by atoms with Gasteiger partial charge in [-0.25, -0.2) is 4.98 Å². The monoisotopic (exact) mass is 227 g/mol. The summed E-state index contributed by atoms with van der Waals surface area (Å²) in [4.78, 5) is 4.58. The maximum Gasteiger partial charge on any atom is 0.147 e. The Morgan fingerprint density at radius 1 is 1.40 bits per heavy atom. The van der Waals surface area contributed by atoms with E-state index in [1.165, 1.54) is 11.5 Å². The summed E-state index contributed by atoms with van der Waals surface area (Å²) in [6, 6.07) is 0.519. The van der Waals surface area contributed by atoms with Crippen LogP contribution in [0, 0.1) is 0 Å². The van der Waals surface area contributed by atoms with Crippen molar-refractivity contribution in [3.8, 4) is 0 Å². The van der Waals surface area contributed by atoms with Crippen LogP contribution < -0.4 is 5.32 Å². The molecule has 0 radical (unpaired) electrons. The van der Waals surface area contributed by atoms with Crippen molar-refractivity contribution in [3.63, 3.8) is 0 Å². The zero-order chi connectivity index (χ0) is 11.5. The van der Waals surface area contributed by atoms with Gasteiger partial charge in [0.2, 0.25) is 0 Å². The van der Waals surface area contributed by atoms with E-state index in [0.29, 0.717) is 6.04 Å². The summed E-state index contributed by atoms with van der Waals surface area (Å²) >= 11 is 1.53. The molecule has 86 valence electrons. The van der Waals surface area contributed by atoms with E-state index in [2.05, 4.69) is 42.4 Å². The topological polar surface area (TPSA) is 37.8 Å². The van der Waals surface area contributed by atoms with Crippen LogP contribution in [0.4, 0.5) is 0 Å². The second kappa shape index (κ2) is 5.03. The van der Waals surface area contributed by atoms with Crippen LogP contribution >= 0.6 is 11.5 Å². The molecule has 1 heterocycles. The molecular weight excluding hydrogens is 206 g/mol. The van der Waals surface area contributed by atoms with Crippen molar-refractivity contribution in [2.75, 3.05) is 7.05 Å². The van der Waals surface area contributed by atoms with Crippen LogP contribution in [0.15, 0.2) is 0 Å². The fourth-order valence-corrected chi connectivity index (χ4v) is 2.21. The SMILES string of the molecule is CCC(Cc1nc(C(C)(C)C)ns1)NC. The summed E-state index contributed by atoms with van der Waals surface area (Å²) in [6.07, 6.45) is 2.11. The van der Waals surface area contributed by atoms with Crippen molar-refractivity contribution in [2.24, 2.45) is 0 Å². The van der Waals surface area contributed by atoms with Gasteiger partial charge in [-0.05, 0) is 25.0 Å². The molecule has 0 aromatic carbocycles. The van der Waals surface area contributed by atoms with Gasteiger partial charge in [-0.15, -0.1) is 0 Å². The van der Waals surface area contributed by atoms with Gasteiger partial charge in [-0.1, -0.05) is 27.7 Å². The predicted octanol–water partition coefficient (Wildman–Crippen LogP) is 2.38. The minimum atomic E-state index is 0.0656. The number of rotatable bonds is 4.